The molecule has 1 aromatic carbocycles. The maximum Gasteiger partial charge on any atom is 0.339 e. The van der Waals surface area contributed by atoms with Gasteiger partial charge in [-0.25, -0.2) is 9.18 Å². The minimum absolute atomic E-state index is 0.0244. The van der Waals surface area contributed by atoms with Gasteiger partial charge in [0, 0.05) is 18.2 Å². The highest BCUT2D eigenvalue weighted by atomic mass is 19.1. The van der Waals surface area contributed by atoms with Crippen molar-refractivity contribution in [2.45, 2.75) is 43.9 Å². The van der Waals surface area contributed by atoms with E-state index in [0.29, 0.717) is 12.1 Å². The molecule has 1 aromatic rings. The molecule has 2 saturated heterocycles. The van der Waals surface area contributed by atoms with Crippen LogP contribution in [0.1, 0.15) is 36.0 Å². The van der Waals surface area contributed by atoms with Gasteiger partial charge in [-0.05, 0) is 44.9 Å². The van der Waals surface area contributed by atoms with Crippen LogP contribution in [0.4, 0.5) is 4.39 Å². The molecule has 4 nitrogen and oxygen atoms in total. The first-order chi connectivity index (χ1) is 9.54. The number of carboxylic acids is 1. The molecule has 2 atom stereocenters. The molecule has 3 rings (SSSR count). The lowest BCUT2D eigenvalue weighted by Crippen LogP contribution is -2.43. The highest BCUT2D eigenvalue weighted by Crippen LogP contribution is 2.36. The maximum absolute atomic E-state index is 13.3. The van der Waals surface area contributed by atoms with Gasteiger partial charge in [0.1, 0.15) is 23.2 Å². The smallest absolute Gasteiger partial charge is 0.339 e. The van der Waals surface area contributed by atoms with Crippen LogP contribution in [0.15, 0.2) is 18.2 Å². The third-order valence-electron chi connectivity index (χ3n) is 4.52. The number of fused-ring (bicyclic) bond motifs is 2. The highest BCUT2D eigenvalue weighted by Gasteiger charge is 2.39. The molecule has 2 unspecified atom stereocenters. The van der Waals surface area contributed by atoms with Crippen molar-refractivity contribution in [2.75, 3.05) is 7.05 Å². The van der Waals surface area contributed by atoms with E-state index in [9.17, 15) is 9.18 Å². The van der Waals surface area contributed by atoms with Gasteiger partial charge in [0.15, 0.2) is 0 Å². The lowest BCUT2D eigenvalue weighted by molar-refractivity contribution is 0.0605. The van der Waals surface area contributed by atoms with Crippen molar-refractivity contribution in [2.24, 2.45) is 0 Å². The summed E-state index contributed by atoms with van der Waals surface area (Å²) in [7, 11) is 2.13. The highest BCUT2D eigenvalue weighted by molar-refractivity contribution is 5.90. The van der Waals surface area contributed by atoms with Crippen LogP contribution in [-0.4, -0.2) is 41.2 Å². The summed E-state index contributed by atoms with van der Waals surface area (Å²) >= 11 is 0. The zero-order valence-corrected chi connectivity index (χ0v) is 11.4. The van der Waals surface area contributed by atoms with Crippen LogP contribution < -0.4 is 4.74 Å². The van der Waals surface area contributed by atoms with E-state index < -0.39 is 11.8 Å². The monoisotopic (exact) mass is 279 g/mol. The molecular weight excluding hydrogens is 261 g/mol. The van der Waals surface area contributed by atoms with E-state index in [1.165, 1.54) is 12.1 Å². The average Bonchev–Trinajstić information content (AvgIpc) is 2.62. The van der Waals surface area contributed by atoms with Gasteiger partial charge >= 0.3 is 5.97 Å². The number of piperidine rings is 1. The van der Waals surface area contributed by atoms with Crippen LogP contribution in [-0.2, 0) is 0 Å². The standard InChI is InChI=1S/C15H18FNO3/c1-17-10-3-4-11(17)8-12(7-10)20-14-6-9(16)2-5-13(14)15(18)19/h2,5-6,10-12H,3-4,7-8H2,1H3,(H,18,19). The molecule has 2 bridgehead atoms. The Morgan fingerprint density at radius 3 is 2.60 bits per heavy atom. The fourth-order valence-corrected chi connectivity index (χ4v) is 3.41. The van der Waals surface area contributed by atoms with Crippen molar-refractivity contribution in [1.82, 2.24) is 4.90 Å². The van der Waals surface area contributed by atoms with Gasteiger partial charge in [0.05, 0.1) is 0 Å². The van der Waals surface area contributed by atoms with Crippen molar-refractivity contribution in [3.05, 3.63) is 29.6 Å². The van der Waals surface area contributed by atoms with E-state index in [1.54, 1.807) is 0 Å². The molecule has 108 valence electrons. The largest absolute Gasteiger partial charge is 0.489 e. The van der Waals surface area contributed by atoms with Gasteiger partial charge < -0.3 is 14.7 Å². The van der Waals surface area contributed by atoms with Gasteiger partial charge in [-0.3, -0.25) is 0 Å². The third-order valence-corrected chi connectivity index (χ3v) is 4.52. The van der Waals surface area contributed by atoms with Crippen molar-refractivity contribution < 1.29 is 19.0 Å². The number of rotatable bonds is 3. The molecule has 0 aromatic heterocycles. The average molecular weight is 279 g/mol. The molecule has 2 fully saturated rings. The van der Waals surface area contributed by atoms with Gasteiger partial charge in [0.25, 0.3) is 0 Å². The lowest BCUT2D eigenvalue weighted by atomic mass is 10.0. The molecule has 0 saturated carbocycles. The van der Waals surface area contributed by atoms with Crippen molar-refractivity contribution >= 4 is 5.97 Å². The number of nitrogens with zero attached hydrogens (tertiary/aromatic N) is 1. The molecule has 0 spiro atoms. The predicted molar refractivity (Wildman–Crippen MR) is 71.6 cm³/mol. The quantitative estimate of drug-likeness (QED) is 0.923. The summed E-state index contributed by atoms with van der Waals surface area (Å²) in [5, 5.41) is 9.13. The van der Waals surface area contributed by atoms with Crippen molar-refractivity contribution in [1.29, 1.82) is 0 Å². The number of aromatic carboxylic acids is 1. The summed E-state index contributed by atoms with van der Waals surface area (Å²) < 4.78 is 19.1. The minimum atomic E-state index is -1.09. The number of carboxylic acid groups (broad SMARTS) is 1. The lowest BCUT2D eigenvalue weighted by Gasteiger charge is -2.36. The first kappa shape index (κ1) is 13.4. The number of carbonyl (C=O) groups is 1. The summed E-state index contributed by atoms with van der Waals surface area (Å²) in [4.78, 5) is 13.5. The molecule has 2 aliphatic rings. The summed E-state index contributed by atoms with van der Waals surface area (Å²) in [5.74, 6) is -1.41. The topological polar surface area (TPSA) is 49.8 Å². The Bertz CT molecular complexity index is 520. The first-order valence-electron chi connectivity index (χ1n) is 6.96. The van der Waals surface area contributed by atoms with Crippen LogP contribution in [0.2, 0.25) is 0 Å². The van der Waals surface area contributed by atoms with Crippen LogP contribution in [0.5, 0.6) is 5.75 Å². The van der Waals surface area contributed by atoms with Crippen LogP contribution in [0.3, 0.4) is 0 Å². The fraction of sp³-hybridized carbons (Fsp3) is 0.533. The zero-order valence-electron chi connectivity index (χ0n) is 11.4. The molecular formula is C15H18FNO3. The molecule has 0 radical (unpaired) electrons. The van der Waals surface area contributed by atoms with Crippen LogP contribution >= 0.6 is 0 Å². The second-order valence-electron chi connectivity index (χ2n) is 5.71. The number of ether oxygens (including phenoxy) is 1. The Balaban J connectivity index is 1.78. The summed E-state index contributed by atoms with van der Waals surface area (Å²) in [6, 6.07) is 4.58. The van der Waals surface area contributed by atoms with E-state index in [4.69, 9.17) is 9.84 Å². The van der Waals surface area contributed by atoms with Gasteiger partial charge in [-0.1, -0.05) is 0 Å². The molecule has 0 aliphatic carbocycles. The second-order valence-corrected chi connectivity index (χ2v) is 5.71. The number of hydrogen-bond acceptors (Lipinski definition) is 3. The molecule has 1 N–H and O–H groups in total. The summed E-state index contributed by atoms with van der Waals surface area (Å²) in [5.41, 5.74) is 0.0256. The summed E-state index contributed by atoms with van der Waals surface area (Å²) in [6.45, 7) is 0. The van der Waals surface area contributed by atoms with E-state index in [0.717, 1.165) is 31.7 Å². The SMILES string of the molecule is CN1C2CCC1CC(Oc1cc(F)ccc1C(=O)O)C2. The van der Waals surface area contributed by atoms with E-state index in [-0.39, 0.29) is 17.4 Å². The summed E-state index contributed by atoms with van der Waals surface area (Å²) in [6.07, 6.45) is 4.06. The Labute approximate surface area is 117 Å². The van der Waals surface area contributed by atoms with Crippen LogP contribution in [0, 0.1) is 5.82 Å². The normalized spacial score (nSPS) is 29.4. The van der Waals surface area contributed by atoms with E-state index in [1.807, 2.05) is 0 Å². The number of halogens is 1. The van der Waals surface area contributed by atoms with Gasteiger partial charge in [-0.15, -0.1) is 0 Å². The number of hydrogen-bond donors (Lipinski definition) is 1. The zero-order chi connectivity index (χ0) is 14.3. The second kappa shape index (κ2) is 5.05. The molecule has 0 amide bonds. The Hall–Kier alpha value is -1.62. The van der Waals surface area contributed by atoms with Gasteiger partial charge in [0.2, 0.25) is 0 Å². The van der Waals surface area contributed by atoms with Gasteiger partial charge in [-0.2, -0.15) is 0 Å². The van der Waals surface area contributed by atoms with Crippen molar-refractivity contribution in [3.8, 4) is 5.75 Å². The molecule has 5 heteroatoms. The minimum Gasteiger partial charge on any atom is -0.489 e. The van der Waals surface area contributed by atoms with Crippen LogP contribution in [0.25, 0.3) is 0 Å². The molecule has 2 aliphatic heterocycles. The molecule has 2 heterocycles. The van der Waals surface area contributed by atoms with E-state index in [2.05, 4.69) is 11.9 Å². The Morgan fingerprint density at radius 1 is 1.35 bits per heavy atom. The Kier molecular flexibility index (Phi) is 3.38. The van der Waals surface area contributed by atoms with Crippen molar-refractivity contribution in [3.63, 3.8) is 0 Å². The predicted octanol–water partition coefficient (Wildman–Crippen LogP) is 2.53. The maximum atomic E-state index is 13.3. The Morgan fingerprint density at radius 2 is 2.00 bits per heavy atom. The number of benzene rings is 1. The fourth-order valence-electron chi connectivity index (χ4n) is 3.41. The third kappa shape index (κ3) is 2.38. The first-order valence-corrected chi connectivity index (χ1v) is 6.96. The molecule has 20 heavy (non-hydrogen) atoms. The van der Waals surface area contributed by atoms with E-state index >= 15 is 0 Å².